The van der Waals surface area contributed by atoms with E-state index in [1.165, 1.54) is 5.01 Å². The summed E-state index contributed by atoms with van der Waals surface area (Å²) in [6.07, 6.45) is 0.570. The summed E-state index contributed by atoms with van der Waals surface area (Å²) in [7, 11) is 0. The van der Waals surface area contributed by atoms with Crippen molar-refractivity contribution in [2.75, 3.05) is 10.3 Å². The molecular formula is C18H18N4O2. The number of hydrogen-bond acceptors (Lipinski definition) is 4. The summed E-state index contributed by atoms with van der Waals surface area (Å²) in [4.78, 5) is 28.8. The lowest BCUT2D eigenvalue weighted by molar-refractivity contribution is -0.118. The summed E-state index contributed by atoms with van der Waals surface area (Å²) in [5.74, 6) is 0.0192. The maximum atomic E-state index is 12.4. The van der Waals surface area contributed by atoms with Crippen molar-refractivity contribution >= 4 is 29.0 Å². The zero-order chi connectivity index (χ0) is 17.1. The Hall–Kier alpha value is -3.02. The molecule has 122 valence electrons. The van der Waals surface area contributed by atoms with Crippen LogP contribution in [0.25, 0.3) is 0 Å². The van der Waals surface area contributed by atoms with Crippen LogP contribution >= 0.6 is 0 Å². The Kier molecular flexibility index (Phi) is 4.37. The summed E-state index contributed by atoms with van der Waals surface area (Å²) in [5, 5.41) is 8.29. The van der Waals surface area contributed by atoms with Gasteiger partial charge in [0.2, 0.25) is 5.91 Å². The van der Waals surface area contributed by atoms with Gasteiger partial charge >= 0.3 is 0 Å². The van der Waals surface area contributed by atoms with Crippen LogP contribution in [0.3, 0.4) is 0 Å². The van der Waals surface area contributed by atoms with Gasteiger partial charge in [-0.2, -0.15) is 5.10 Å². The highest BCUT2D eigenvalue weighted by Crippen LogP contribution is 2.21. The Morgan fingerprint density at radius 3 is 2.67 bits per heavy atom. The lowest BCUT2D eigenvalue weighted by Gasteiger charge is -2.23. The molecule has 1 N–H and O–H groups in total. The van der Waals surface area contributed by atoms with Gasteiger partial charge in [0.25, 0.3) is 5.91 Å². The predicted molar refractivity (Wildman–Crippen MR) is 92.9 cm³/mol. The third kappa shape index (κ3) is 3.48. The molecule has 1 aromatic carbocycles. The van der Waals surface area contributed by atoms with Crippen LogP contribution in [0.2, 0.25) is 0 Å². The average molecular weight is 322 g/mol. The van der Waals surface area contributed by atoms with E-state index in [0.717, 1.165) is 11.3 Å². The molecule has 0 radical (unpaired) electrons. The molecule has 24 heavy (non-hydrogen) atoms. The highest BCUT2D eigenvalue weighted by atomic mass is 16.2. The van der Waals surface area contributed by atoms with E-state index in [-0.39, 0.29) is 18.2 Å². The fraction of sp³-hybridized carbons (Fsp3) is 0.222. The van der Waals surface area contributed by atoms with Crippen molar-refractivity contribution in [2.45, 2.75) is 26.7 Å². The minimum Gasteiger partial charge on any atom is -0.305 e. The van der Waals surface area contributed by atoms with E-state index < -0.39 is 0 Å². The van der Waals surface area contributed by atoms with Gasteiger partial charge in [0, 0.05) is 18.5 Å². The number of nitrogens with zero attached hydrogens (tertiary/aromatic N) is 3. The quantitative estimate of drug-likeness (QED) is 0.944. The zero-order valence-corrected chi connectivity index (χ0v) is 13.6. The third-order valence-corrected chi connectivity index (χ3v) is 3.67. The number of hydrogen-bond donors (Lipinski definition) is 1. The summed E-state index contributed by atoms with van der Waals surface area (Å²) >= 11 is 0. The van der Waals surface area contributed by atoms with Gasteiger partial charge in [0.05, 0.1) is 5.69 Å². The number of anilines is 2. The Morgan fingerprint density at radius 1 is 1.12 bits per heavy atom. The monoisotopic (exact) mass is 322 g/mol. The van der Waals surface area contributed by atoms with Crippen LogP contribution in [0, 0.1) is 13.8 Å². The molecule has 1 aliphatic rings. The molecule has 0 atom stereocenters. The van der Waals surface area contributed by atoms with Crippen LogP contribution in [0.1, 0.15) is 24.1 Å². The molecule has 3 rings (SSSR count). The minimum atomic E-state index is -0.335. The second kappa shape index (κ2) is 6.62. The van der Waals surface area contributed by atoms with E-state index >= 15 is 0 Å². The van der Waals surface area contributed by atoms with Crippen molar-refractivity contribution in [2.24, 2.45) is 5.10 Å². The molecule has 0 bridgehead atoms. The van der Waals surface area contributed by atoms with Gasteiger partial charge in [-0.1, -0.05) is 18.2 Å². The molecule has 1 aliphatic heterocycles. The molecule has 0 saturated carbocycles. The van der Waals surface area contributed by atoms with Crippen LogP contribution in [0.5, 0.6) is 0 Å². The highest BCUT2D eigenvalue weighted by Gasteiger charge is 2.25. The number of carbonyl (C=O) groups excluding carboxylic acids is 2. The standard InChI is InChI=1S/C18H18N4O2/c1-12-5-3-7-14(11-12)22-17(23)10-9-15(21-22)18(24)20-16-8-4-6-13(2)19-16/h3-8,11H,9-10H2,1-2H3,(H,19,20,24). The number of amides is 2. The molecule has 0 fully saturated rings. The van der Waals surface area contributed by atoms with E-state index in [1.54, 1.807) is 12.1 Å². The van der Waals surface area contributed by atoms with Gasteiger partial charge in [0.1, 0.15) is 11.5 Å². The second-order valence-corrected chi connectivity index (χ2v) is 5.71. The van der Waals surface area contributed by atoms with Crippen LogP contribution in [-0.2, 0) is 9.59 Å². The smallest absolute Gasteiger partial charge is 0.273 e. The molecule has 2 aromatic rings. The Morgan fingerprint density at radius 2 is 1.92 bits per heavy atom. The summed E-state index contributed by atoms with van der Waals surface area (Å²) in [6, 6.07) is 12.9. The summed E-state index contributed by atoms with van der Waals surface area (Å²) in [6.45, 7) is 3.80. The number of rotatable bonds is 3. The van der Waals surface area contributed by atoms with Crippen molar-refractivity contribution < 1.29 is 9.59 Å². The number of pyridine rings is 1. The Labute approximate surface area is 140 Å². The second-order valence-electron chi connectivity index (χ2n) is 5.71. The molecule has 2 amide bonds. The molecule has 0 unspecified atom stereocenters. The van der Waals surface area contributed by atoms with E-state index in [9.17, 15) is 9.59 Å². The average Bonchev–Trinajstić information content (AvgIpc) is 2.55. The van der Waals surface area contributed by atoms with Gasteiger partial charge in [0.15, 0.2) is 0 Å². The van der Waals surface area contributed by atoms with Crippen LogP contribution in [0.4, 0.5) is 11.5 Å². The molecule has 0 saturated heterocycles. The third-order valence-electron chi connectivity index (χ3n) is 3.67. The molecule has 2 heterocycles. The predicted octanol–water partition coefficient (Wildman–Crippen LogP) is 2.82. The summed E-state index contributed by atoms with van der Waals surface area (Å²) in [5.41, 5.74) is 2.82. The van der Waals surface area contributed by atoms with Crippen LogP contribution < -0.4 is 10.3 Å². The van der Waals surface area contributed by atoms with E-state index in [4.69, 9.17) is 0 Å². The zero-order valence-electron chi connectivity index (χ0n) is 13.6. The van der Waals surface area contributed by atoms with Crippen LogP contribution in [-0.4, -0.2) is 22.5 Å². The fourth-order valence-corrected chi connectivity index (χ4v) is 2.48. The molecule has 6 heteroatoms. The van der Waals surface area contributed by atoms with Crippen molar-refractivity contribution in [3.05, 3.63) is 53.7 Å². The van der Waals surface area contributed by atoms with Gasteiger partial charge < -0.3 is 5.32 Å². The van der Waals surface area contributed by atoms with E-state index in [2.05, 4.69) is 15.4 Å². The van der Waals surface area contributed by atoms with Gasteiger partial charge in [-0.15, -0.1) is 0 Å². The normalized spacial score (nSPS) is 14.3. The first-order valence-corrected chi connectivity index (χ1v) is 7.75. The van der Waals surface area contributed by atoms with Crippen molar-refractivity contribution in [1.82, 2.24) is 4.98 Å². The molecule has 0 spiro atoms. The Bertz CT molecular complexity index is 829. The SMILES string of the molecule is Cc1cccc(N2N=C(C(=O)Nc3cccc(C)n3)CCC2=O)c1. The van der Waals surface area contributed by atoms with E-state index in [0.29, 0.717) is 23.6 Å². The number of aryl methyl sites for hydroxylation is 2. The molecule has 1 aromatic heterocycles. The van der Waals surface area contributed by atoms with Gasteiger partial charge in [-0.3, -0.25) is 9.59 Å². The first-order chi connectivity index (χ1) is 11.5. The fourth-order valence-electron chi connectivity index (χ4n) is 2.48. The number of benzene rings is 1. The van der Waals surface area contributed by atoms with Gasteiger partial charge in [-0.25, -0.2) is 9.99 Å². The number of carbonyl (C=O) groups is 2. The topological polar surface area (TPSA) is 74.7 Å². The lowest BCUT2D eigenvalue weighted by atomic mass is 10.1. The number of aromatic nitrogens is 1. The van der Waals surface area contributed by atoms with E-state index in [1.807, 2.05) is 44.2 Å². The maximum absolute atomic E-state index is 12.4. The summed E-state index contributed by atoms with van der Waals surface area (Å²) < 4.78 is 0. The molecule has 0 aliphatic carbocycles. The van der Waals surface area contributed by atoms with Crippen LogP contribution in [0.15, 0.2) is 47.6 Å². The lowest BCUT2D eigenvalue weighted by Crippen LogP contribution is -2.36. The van der Waals surface area contributed by atoms with Gasteiger partial charge in [-0.05, 0) is 43.7 Å². The molecule has 6 nitrogen and oxygen atoms in total. The Balaban J connectivity index is 1.83. The van der Waals surface area contributed by atoms with Crippen molar-refractivity contribution in [1.29, 1.82) is 0 Å². The highest BCUT2D eigenvalue weighted by molar-refractivity contribution is 6.44. The number of nitrogens with one attached hydrogen (secondary N) is 1. The van der Waals surface area contributed by atoms with Crippen molar-refractivity contribution in [3.8, 4) is 0 Å². The first-order valence-electron chi connectivity index (χ1n) is 7.75. The largest absolute Gasteiger partial charge is 0.305 e. The maximum Gasteiger partial charge on any atom is 0.273 e. The number of hydrazone groups is 1. The minimum absolute atomic E-state index is 0.120. The first kappa shape index (κ1) is 15.9. The molecular weight excluding hydrogens is 304 g/mol. The van der Waals surface area contributed by atoms with Crippen molar-refractivity contribution in [3.63, 3.8) is 0 Å².